The Morgan fingerprint density at radius 1 is 1.35 bits per heavy atom. The minimum atomic E-state index is -0.824. The Hall–Kier alpha value is -1.82. The monoisotopic (exact) mass is 281 g/mol. The van der Waals surface area contributed by atoms with Gasteiger partial charge in [-0.15, -0.1) is 0 Å². The zero-order valence-electron chi connectivity index (χ0n) is 10.9. The van der Waals surface area contributed by atoms with Crippen LogP contribution in [0, 0.1) is 11.7 Å². The lowest BCUT2D eigenvalue weighted by Gasteiger charge is -2.15. The highest BCUT2D eigenvalue weighted by Crippen LogP contribution is 2.37. The average molecular weight is 281 g/mol. The molecule has 5 nitrogen and oxygen atoms in total. The fourth-order valence-corrected chi connectivity index (χ4v) is 2.63. The Labute approximate surface area is 115 Å². The van der Waals surface area contributed by atoms with Gasteiger partial charge in [0, 0.05) is 19.0 Å². The molecular weight excluding hydrogens is 265 g/mol. The van der Waals surface area contributed by atoms with Crippen LogP contribution in [0.4, 0.5) is 4.39 Å². The number of nitrogens with one attached hydrogen (secondary N) is 1. The molecule has 1 fully saturated rings. The molecule has 1 aromatic carbocycles. The molecule has 0 aliphatic carbocycles. The lowest BCUT2D eigenvalue weighted by atomic mass is 9.99. The molecule has 0 amide bonds. The number of carbonyl (C=O) groups is 1. The SMILES string of the molecule is O=C(O)C1CNC(c2cc(F)c3c(c2)OCCCO3)C1. The van der Waals surface area contributed by atoms with E-state index in [1.165, 1.54) is 6.07 Å². The van der Waals surface area contributed by atoms with Crippen molar-refractivity contribution in [3.63, 3.8) is 0 Å². The number of hydrogen-bond donors (Lipinski definition) is 2. The summed E-state index contributed by atoms with van der Waals surface area (Å²) in [6, 6.07) is 2.98. The molecule has 20 heavy (non-hydrogen) atoms. The maximum Gasteiger partial charge on any atom is 0.307 e. The summed E-state index contributed by atoms with van der Waals surface area (Å²) in [6.45, 7) is 1.33. The van der Waals surface area contributed by atoms with Crippen molar-refractivity contribution in [1.82, 2.24) is 5.32 Å². The van der Waals surface area contributed by atoms with E-state index in [1.54, 1.807) is 6.07 Å². The fraction of sp³-hybridized carbons (Fsp3) is 0.500. The summed E-state index contributed by atoms with van der Waals surface area (Å²) in [7, 11) is 0. The second-order valence-electron chi connectivity index (χ2n) is 5.11. The number of ether oxygens (including phenoxy) is 2. The van der Waals surface area contributed by atoms with Gasteiger partial charge in [-0.05, 0) is 24.1 Å². The van der Waals surface area contributed by atoms with E-state index >= 15 is 0 Å². The number of fused-ring (bicyclic) bond motifs is 1. The van der Waals surface area contributed by atoms with Crippen molar-refractivity contribution in [2.24, 2.45) is 5.92 Å². The molecule has 0 radical (unpaired) electrons. The Kier molecular flexibility index (Phi) is 3.48. The molecule has 6 heteroatoms. The molecule has 1 aromatic rings. The van der Waals surface area contributed by atoms with Crippen molar-refractivity contribution < 1.29 is 23.8 Å². The van der Waals surface area contributed by atoms with Crippen LogP contribution in [0.3, 0.4) is 0 Å². The lowest BCUT2D eigenvalue weighted by molar-refractivity contribution is -0.141. The number of carboxylic acids is 1. The zero-order valence-corrected chi connectivity index (χ0v) is 10.9. The molecule has 0 saturated carbocycles. The molecule has 2 aliphatic heterocycles. The molecule has 2 heterocycles. The van der Waals surface area contributed by atoms with Crippen molar-refractivity contribution in [2.75, 3.05) is 19.8 Å². The molecule has 0 aromatic heterocycles. The van der Waals surface area contributed by atoms with E-state index in [9.17, 15) is 9.18 Å². The van der Waals surface area contributed by atoms with Crippen LogP contribution in [-0.2, 0) is 4.79 Å². The van der Waals surface area contributed by atoms with Gasteiger partial charge in [-0.25, -0.2) is 4.39 Å². The van der Waals surface area contributed by atoms with Gasteiger partial charge in [-0.2, -0.15) is 0 Å². The minimum absolute atomic E-state index is 0.152. The molecule has 3 rings (SSSR count). The molecule has 2 unspecified atom stereocenters. The standard InChI is InChI=1S/C14H16FNO4/c15-10-4-8(11-5-9(7-16-11)14(17)18)6-12-13(10)20-3-1-2-19-12/h4,6,9,11,16H,1-3,5,7H2,(H,17,18). The number of carboxylic acid groups (broad SMARTS) is 1. The topological polar surface area (TPSA) is 67.8 Å². The van der Waals surface area contributed by atoms with Crippen LogP contribution in [0.5, 0.6) is 11.5 Å². The van der Waals surface area contributed by atoms with Crippen molar-refractivity contribution in [3.05, 3.63) is 23.5 Å². The van der Waals surface area contributed by atoms with Crippen molar-refractivity contribution in [3.8, 4) is 11.5 Å². The Morgan fingerprint density at radius 2 is 2.15 bits per heavy atom. The van der Waals surface area contributed by atoms with E-state index in [4.69, 9.17) is 14.6 Å². The molecule has 0 spiro atoms. The van der Waals surface area contributed by atoms with Crippen molar-refractivity contribution >= 4 is 5.97 Å². The third kappa shape index (κ3) is 2.43. The van der Waals surface area contributed by atoms with Gasteiger partial charge in [0.25, 0.3) is 0 Å². The van der Waals surface area contributed by atoms with Gasteiger partial charge in [0.1, 0.15) is 0 Å². The van der Waals surface area contributed by atoms with Crippen LogP contribution in [0.15, 0.2) is 12.1 Å². The first-order chi connectivity index (χ1) is 9.65. The summed E-state index contributed by atoms with van der Waals surface area (Å²) < 4.78 is 24.9. The minimum Gasteiger partial charge on any atom is -0.489 e. The third-order valence-corrected chi connectivity index (χ3v) is 3.71. The predicted molar refractivity (Wildman–Crippen MR) is 68.5 cm³/mol. The highest BCUT2D eigenvalue weighted by molar-refractivity contribution is 5.70. The molecule has 1 saturated heterocycles. The second-order valence-corrected chi connectivity index (χ2v) is 5.11. The van der Waals surface area contributed by atoms with Gasteiger partial charge < -0.3 is 19.9 Å². The number of benzene rings is 1. The van der Waals surface area contributed by atoms with Crippen LogP contribution in [0.25, 0.3) is 0 Å². The van der Waals surface area contributed by atoms with Crippen LogP contribution in [0.1, 0.15) is 24.4 Å². The Balaban J connectivity index is 1.86. The molecule has 108 valence electrons. The first kappa shape index (κ1) is 13.2. The normalized spacial score (nSPS) is 25.2. The van der Waals surface area contributed by atoms with Gasteiger partial charge in [-0.3, -0.25) is 4.79 Å². The van der Waals surface area contributed by atoms with Gasteiger partial charge >= 0.3 is 5.97 Å². The summed E-state index contributed by atoms with van der Waals surface area (Å²) in [4.78, 5) is 11.0. The molecule has 0 bridgehead atoms. The lowest BCUT2D eigenvalue weighted by Crippen LogP contribution is -2.17. The number of halogens is 1. The van der Waals surface area contributed by atoms with E-state index in [2.05, 4.69) is 5.32 Å². The molecule has 2 N–H and O–H groups in total. The third-order valence-electron chi connectivity index (χ3n) is 3.71. The molecule has 2 atom stereocenters. The smallest absolute Gasteiger partial charge is 0.307 e. The van der Waals surface area contributed by atoms with Gasteiger partial charge in [0.15, 0.2) is 17.3 Å². The summed E-state index contributed by atoms with van der Waals surface area (Å²) >= 11 is 0. The van der Waals surface area contributed by atoms with E-state index in [0.717, 1.165) is 0 Å². The first-order valence-electron chi connectivity index (χ1n) is 6.70. The zero-order chi connectivity index (χ0) is 14.1. The van der Waals surface area contributed by atoms with E-state index in [0.29, 0.717) is 43.9 Å². The van der Waals surface area contributed by atoms with E-state index < -0.39 is 17.7 Å². The number of rotatable bonds is 2. The fourth-order valence-electron chi connectivity index (χ4n) is 2.63. The quantitative estimate of drug-likeness (QED) is 0.864. The summed E-state index contributed by atoms with van der Waals surface area (Å²) in [5.74, 6) is -1.16. The maximum absolute atomic E-state index is 14.1. The predicted octanol–water partition coefficient (Wildman–Crippen LogP) is 1.72. The van der Waals surface area contributed by atoms with Crippen molar-refractivity contribution in [2.45, 2.75) is 18.9 Å². The highest BCUT2D eigenvalue weighted by Gasteiger charge is 2.31. The van der Waals surface area contributed by atoms with Crippen LogP contribution in [0.2, 0.25) is 0 Å². The van der Waals surface area contributed by atoms with E-state index in [1.807, 2.05) is 0 Å². The summed E-state index contributed by atoms with van der Waals surface area (Å²) in [5, 5.41) is 12.1. The average Bonchev–Trinajstić information content (AvgIpc) is 2.79. The van der Waals surface area contributed by atoms with Crippen LogP contribution in [-0.4, -0.2) is 30.8 Å². The Bertz CT molecular complexity index is 534. The van der Waals surface area contributed by atoms with Gasteiger partial charge in [-0.1, -0.05) is 0 Å². The summed E-state index contributed by atoms with van der Waals surface area (Å²) in [6.07, 6.45) is 1.17. The largest absolute Gasteiger partial charge is 0.489 e. The van der Waals surface area contributed by atoms with Gasteiger partial charge in [0.05, 0.1) is 19.1 Å². The number of aliphatic carboxylic acids is 1. The van der Waals surface area contributed by atoms with Crippen LogP contribution < -0.4 is 14.8 Å². The number of hydrogen-bond acceptors (Lipinski definition) is 4. The Morgan fingerprint density at radius 3 is 2.90 bits per heavy atom. The molecule has 2 aliphatic rings. The van der Waals surface area contributed by atoms with Gasteiger partial charge in [0.2, 0.25) is 0 Å². The van der Waals surface area contributed by atoms with E-state index in [-0.39, 0.29) is 11.8 Å². The second kappa shape index (κ2) is 5.28. The van der Waals surface area contributed by atoms with Crippen molar-refractivity contribution in [1.29, 1.82) is 0 Å². The van der Waals surface area contributed by atoms with Crippen LogP contribution >= 0.6 is 0 Å². The highest BCUT2D eigenvalue weighted by atomic mass is 19.1. The maximum atomic E-state index is 14.1. The summed E-state index contributed by atoms with van der Waals surface area (Å²) in [5.41, 5.74) is 0.704. The first-order valence-corrected chi connectivity index (χ1v) is 6.70. The molecular formula is C14H16FNO4.